The number of alkyl halides is 1. The molecule has 0 aliphatic carbocycles. The number of ether oxygens (including phenoxy) is 1. The van der Waals surface area contributed by atoms with Gasteiger partial charge in [0.15, 0.2) is 5.38 Å². The lowest BCUT2D eigenvalue weighted by molar-refractivity contribution is -0.145. The first kappa shape index (κ1) is 12.0. The highest BCUT2D eigenvalue weighted by Crippen LogP contribution is 2.28. The van der Waals surface area contributed by atoms with E-state index in [1.807, 2.05) is 6.07 Å². The largest absolute Gasteiger partial charge is 0.468 e. The standard InChI is InChI=1S/C11H13ClO3/c1-11(14,9(12)10(13)15-2)8-6-4-3-5-7-8/h3-7,9,14H,1-2H3. The van der Waals surface area contributed by atoms with Crippen LogP contribution in [0.3, 0.4) is 0 Å². The van der Waals surface area contributed by atoms with Crippen molar-refractivity contribution in [2.45, 2.75) is 17.9 Å². The zero-order chi connectivity index (χ0) is 11.5. The molecule has 2 atom stereocenters. The van der Waals surface area contributed by atoms with Crippen molar-refractivity contribution in [2.75, 3.05) is 7.11 Å². The molecule has 0 bridgehead atoms. The van der Waals surface area contributed by atoms with E-state index in [4.69, 9.17) is 11.6 Å². The van der Waals surface area contributed by atoms with Crippen LogP contribution in [-0.4, -0.2) is 23.6 Å². The molecule has 1 aromatic carbocycles. The molecule has 1 N–H and O–H groups in total. The van der Waals surface area contributed by atoms with Crippen LogP contribution in [-0.2, 0) is 15.1 Å². The molecule has 0 heterocycles. The zero-order valence-corrected chi connectivity index (χ0v) is 9.36. The molecular formula is C11H13ClO3. The van der Waals surface area contributed by atoms with Crippen LogP contribution in [0, 0.1) is 0 Å². The summed E-state index contributed by atoms with van der Waals surface area (Å²) in [5.41, 5.74) is -0.856. The van der Waals surface area contributed by atoms with Gasteiger partial charge in [0.1, 0.15) is 5.60 Å². The summed E-state index contributed by atoms with van der Waals surface area (Å²) in [7, 11) is 1.23. The van der Waals surface area contributed by atoms with Gasteiger partial charge in [-0.25, -0.2) is 0 Å². The summed E-state index contributed by atoms with van der Waals surface area (Å²) >= 11 is 5.83. The summed E-state index contributed by atoms with van der Waals surface area (Å²) in [4.78, 5) is 11.2. The molecule has 0 aliphatic rings. The Morgan fingerprint density at radius 2 is 2.00 bits per heavy atom. The third-order valence-electron chi connectivity index (χ3n) is 2.26. The van der Waals surface area contributed by atoms with Gasteiger partial charge in [-0.2, -0.15) is 0 Å². The monoisotopic (exact) mass is 228 g/mol. The van der Waals surface area contributed by atoms with Crippen LogP contribution >= 0.6 is 11.6 Å². The minimum absolute atomic E-state index is 0.579. The predicted molar refractivity (Wildman–Crippen MR) is 57.7 cm³/mol. The fourth-order valence-electron chi connectivity index (χ4n) is 1.25. The number of esters is 1. The van der Waals surface area contributed by atoms with Crippen molar-refractivity contribution in [2.24, 2.45) is 0 Å². The van der Waals surface area contributed by atoms with Gasteiger partial charge in [-0.1, -0.05) is 30.3 Å². The second-order valence-corrected chi connectivity index (χ2v) is 3.84. The molecule has 15 heavy (non-hydrogen) atoms. The molecule has 2 unspecified atom stereocenters. The van der Waals surface area contributed by atoms with Crippen molar-refractivity contribution in [1.82, 2.24) is 0 Å². The summed E-state index contributed by atoms with van der Waals surface area (Å²) in [5, 5.41) is 9.00. The number of hydrogen-bond donors (Lipinski definition) is 1. The van der Waals surface area contributed by atoms with Gasteiger partial charge < -0.3 is 9.84 Å². The molecule has 0 saturated heterocycles. The lowest BCUT2D eigenvalue weighted by Crippen LogP contribution is -2.39. The highest BCUT2D eigenvalue weighted by Gasteiger charge is 2.38. The summed E-state index contributed by atoms with van der Waals surface area (Å²) in [6, 6.07) is 8.77. The number of carbonyl (C=O) groups excluding carboxylic acids is 1. The second-order valence-electron chi connectivity index (χ2n) is 3.40. The van der Waals surface area contributed by atoms with Crippen LogP contribution in [0.25, 0.3) is 0 Å². The first-order valence-corrected chi connectivity index (χ1v) is 4.93. The van der Waals surface area contributed by atoms with Crippen molar-refractivity contribution < 1.29 is 14.6 Å². The summed E-state index contributed by atoms with van der Waals surface area (Å²) in [5.74, 6) is -0.648. The van der Waals surface area contributed by atoms with Crippen molar-refractivity contribution >= 4 is 17.6 Å². The van der Waals surface area contributed by atoms with E-state index in [1.165, 1.54) is 14.0 Å². The topological polar surface area (TPSA) is 46.5 Å². The molecule has 0 radical (unpaired) electrons. The Kier molecular flexibility index (Phi) is 3.72. The molecule has 1 aromatic rings. The molecule has 4 heteroatoms. The molecule has 0 aliphatic heterocycles. The number of hydrogen-bond acceptors (Lipinski definition) is 3. The Labute approximate surface area is 93.6 Å². The minimum Gasteiger partial charge on any atom is -0.468 e. The van der Waals surface area contributed by atoms with Gasteiger partial charge in [0.25, 0.3) is 0 Å². The van der Waals surface area contributed by atoms with Crippen LogP contribution < -0.4 is 0 Å². The number of benzene rings is 1. The Morgan fingerprint density at radius 1 is 1.47 bits per heavy atom. The van der Waals surface area contributed by atoms with Gasteiger partial charge in [-0.3, -0.25) is 4.79 Å². The van der Waals surface area contributed by atoms with Crippen LogP contribution in [0.5, 0.6) is 0 Å². The van der Waals surface area contributed by atoms with Gasteiger partial charge in [0, 0.05) is 0 Å². The molecule has 0 saturated carbocycles. The highest BCUT2D eigenvalue weighted by atomic mass is 35.5. The fraction of sp³-hybridized carbons (Fsp3) is 0.364. The van der Waals surface area contributed by atoms with Gasteiger partial charge in [-0.15, -0.1) is 11.6 Å². The van der Waals surface area contributed by atoms with Gasteiger partial charge in [0.2, 0.25) is 0 Å². The van der Waals surface area contributed by atoms with Crippen LogP contribution in [0.4, 0.5) is 0 Å². The SMILES string of the molecule is COC(=O)C(Cl)C(C)(O)c1ccccc1. The van der Waals surface area contributed by atoms with E-state index in [0.29, 0.717) is 5.56 Å². The van der Waals surface area contributed by atoms with E-state index in [1.54, 1.807) is 24.3 Å². The van der Waals surface area contributed by atoms with Crippen molar-refractivity contribution in [1.29, 1.82) is 0 Å². The van der Waals surface area contributed by atoms with Crippen molar-refractivity contribution in [3.8, 4) is 0 Å². The third-order valence-corrected chi connectivity index (χ3v) is 2.86. The average molecular weight is 229 g/mol. The normalized spacial score (nSPS) is 16.5. The van der Waals surface area contributed by atoms with Crippen molar-refractivity contribution in [3.05, 3.63) is 35.9 Å². The lowest BCUT2D eigenvalue weighted by Gasteiger charge is -2.27. The van der Waals surface area contributed by atoms with E-state index in [0.717, 1.165) is 0 Å². The maximum Gasteiger partial charge on any atom is 0.327 e. The lowest BCUT2D eigenvalue weighted by atomic mass is 9.92. The highest BCUT2D eigenvalue weighted by molar-refractivity contribution is 6.30. The first-order chi connectivity index (χ1) is 7.00. The molecule has 1 rings (SSSR count). The van der Waals surface area contributed by atoms with E-state index in [9.17, 15) is 9.90 Å². The molecule has 3 nitrogen and oxygen atoms in total. The summed E-state index contributed by atoms with van der Waals surface area (Å²) < 4.78 is 4.49. The Hall–Kier alpha value is -1.06. The molecular weight excluding hydrogens is 216 g/mol. The Morgan fingerprint density at radius 3 is 2.47 bits per heavy atom. The molecule has 0 aromatic heterocycles. The molecule has 0 fully saturated rings. The summed E-state index contributed by atoms with van der Waals surface area (Å²) in [6.45, 7) is 1.48. The number of methoxy groups -OCH3 is 1. The quantitative estimate of drug-likeness (QED) is 0.633. The fourth-order valence-corrected chi connectivity index (χ4v) is 1.47. The number of rotatable bonds is 3. The zero-order valence-electron chi connectivity index (χ0n) is 8.61. The molecule has 0 spiro atoms. The van der Waals surface area contributed by atoms with E-state index in [2.05, 4.69) is 4.74 Å². The summed E-state index contributed by atoms with van der Waals surface area (Å²) in [6.07, 6.45) is 0. The van der Waals surface area contributed by atoms with Crippen LogP contribution in [0.1, 0.15) is 12.5 Å². The van der Waals surface area contributed by atoms with E-state index < -0.39 is 16.9 Å². The number of halogens is 1. The third kappa shape index (κ3) is 2.49. The van der Waals surface area contributed by atoms with Gasteiger partial charge >= 0.3 is 5.97 Å². The maximum atomic E-state index is 11.2. The number of carbonyl (C=O) groups is 1. The maximum absolute atomic E-state index is 11.2. The van der Waals surface area contributed by atoms with E-state index >= 15 is 0 Å². The second kappa shape index (κ2) is 4.64. The Bertz CT molecular complexity index is 335. The number of aliphatic hydroxyl groups is 1. The van der Waals surface area contributed by atoms with E-state index in [-0.39, 0.29) is 0 Å². The molecule has 0 amide bonds. The first-order valence-electron chi connectivity index (χ1n) is 4.50. The van der Waals surface area contributed by atoms with Crippen LogP contribution in [0.2, 0.25) is 0 Å². The predicted octanol–water partition coefficient (Wildman–Crippen LogP) is 1.67. The van der Waals surface area contributed by atoms with Gasteiger partial charge in [-0.05, 0) is 12.5 Å². The van der Waals surface area contributed by atoms with Gasteiger partial charge in [0.05, 0.1) is 7.11 Å². The average Bonchev–Trinajstić information content (AvgIpc) is 2.28. The smallest absolute Gasteiger partial charge is 0.327 e. The Balaban J connectivity index is 2.97. The van der Waals surface area contributed by atoms with Crippen LogP contribution in [0.15, 0.2) is 30.3 Å². The van der Waals surface area contributed by atoms with Crippen molar-refractivity contribution in [3.63, 3.8) is 0 Å². The minimum atomic E-state index is -1.43. The molecule has 82 valence electrons.